The Hall–Kier alpha value is -1.59. The van der Waals surface area contributed by atoms with Gasteiger partial charge in [0.05, 0.1) is 12.5 Å². The van der Waals surface area contributed by atoms with E-state index in [1.165, 1.54) is 5.56 Å². The van der Waals surface area contributed by atoms with Gasteiger partial charge in [-0.05, 0) is 44.4 Å². The van der Waals surface area contributed by atoms with E-state index in [9.17, 15) is 9.59 Å². The molecule has 2 unspecified atom stereocenters. The summed E-state index contributed by atoms with van der Waals surface area (Å²) in [4.78, 5) is 27.7. The molecular formula is C17H23ClN2O3. The number of para-hydroxylation sites is 1. The number of halogens is 1. The standard InChI is InChI=1S/C17H22N2O3.ClH/c1-12-9-13-5-2-3-7-15(13)19(12)16(20)11-18-8-4-6-14(10-18)17(21)22;/h2-3,5,7,12,14H,4,6,8-11H2,1H3,(H,21,22);1H. The molecule has 2 aliphatic rings. The molecular weight excluding hydrogens is 316 g/mol. The van der Waals surface area contributed by atoms with Crippen LogP contribution in [0, 0.1) is 5.92 Å². The first kappa shape index (κ1) is 17.8. The van der Waals surface area contributed by atoms with E-state index in [0.717, 1.165) is 25.1 Å². The van der Waals surface area contributed by atoms with Gasteiger partial charge in [-0.1, -0.05) is 18.2 Å². The van der Waals surface area contributed by atoms with E-state index in [2.05, 4.69) is 13.0 Å². The maximum Gasteiger partial charge on any atom is 0.307 e. The fourth-order valence-corrected chi connectivity index (χ4v) is 3.61. The highest BCUT2D eigenvalue weighted by molar-refractivity contribution is 5.97. The highest BCUT2D eigenvalue weighted by Crippen LogP contribution is 2.32. The Morgan fingerprint density at radius 2 is 2.04 bits per heavy atom. The second kappa shape index (κ2) is 7.32. The second-order valence-electron chi connectivity index (χ2n) is 6.36. The molecule has 2 heterocycles. The molecule has 0 aromatic heterocycles. The van der Waals surface area contributed by atoms with E-state index in [4.69, 9.17) is 5.11 Å². The summed E-state index contributed by atoms with van der Waals surface area (Å²) in [5.74, 6) is -1.02. The first-order chi connectivity index (χ1) is 10.6. The molecule has 6 heteroatoms. The lowest BCUT2D eigenvalue weighted by Gasteiger charge is -2.32. The Balaban J connectivity index is 0.00000192. The maximum atomic E-state index is 12.7. The summed E-state index contributed by atoms with van der Waals surface area (Å²) in [6.07, 6.45) is 2.44. The number of amides is 1. The average molecular weight is 339 g/mol. The molecule has 3 rings (SSSR count). The Kier molecular flexibility index (Phi) is 5.65. The summed E-state index contributed by atoms with van der Waals surface area (Å²) < 4.78 is 0. The van der Waals surface area contributed by atoms with E-state index in [0.29, 0.717) is 19.5 Å². The molecule has 1 amide bonds. The van der Waals surface area contributed by atoms with Gasteiger partial charge >= 0.3 is 5.97 Å². The normalized spacial score (nSPS) is 24.0. The topological polar surface area (TPSA) is 60.9 Å². The molecule has 5 nitrogen and oxygen atoms in total. The minimum Gasteiger partial charge on any atom is -0.481 e. The quantitative estimate of drug-likeness (QED) is 0.917. The maximum absolute atomic E-state index is 12.7. The van der Waals surface area contributed by atoms with Crippen molar-refractivity contribution in [1.29, 1.82) is 0 Å². The zero-order chi connectivity index (χ0) is 15.7. The summed E-state index contributed by atoms with van der Waals surface area (Å²) in [5, 5.41) is 9.15. The zero-order valence-electron chi connectivity index (χ0n) is 13.3. The number of hydrogen-bond acceptors (Lipinski definition) is 3. The smallest absolute Gasteiger partial charge is 0.307 e. The fourth-order valence-electron chi connectivity index (χ4n) is 3.61. The minimum absolute atomic E-state index is 0. The molecule has 2 atom stereocenters. The summed E-state index contributed by atoms with van der Waals surface area (Å²) in [6.45, 7) is 3.65. The number of aliphatic carboxylic acids is 1. The molecule has 1 saturated heterocycles. The van der Waals surface area contributed by atoms with Crippen molar-refractivity contribution in [2.24, 2.45) is 5.92 Å². The van der Waals surface area contributed by atoms with Crippen LogP contribution in [0.5, 0.6) is 0 Å². The minimum atomic E-state index is -0.753. The largest absolute Gasteiger partial charge is 0.481 e. The van der Waals surface area contributed by atoms with Gasteiger partial charge in [-0.2, -0.15) is 0 Å². The first-order valence-electron chi connectivity index (χ1n) is 7.91. The van der Waals surface area contributed by atoms with Crippen molar-refractivity contribution in [3.63, 3.8) is 0 Å². The molecule has 0 radical (unpaired) electrons. The molecule has 0 aliphatic carbocycles. The summed E-state index contributed by atoms with van der Waals surface area (Å²) in [5.41, 5.74) is 2.22. The summed E-state index contributed by atoms with van der Waals surface area (Å²) in [7, 11) is 0. The molecule has 0 bridgehead atoms. The lowest BCUT2D eigenvalue weighted by Crippen LogP contribution is -2.47. The highest BCUT2D eigenvalue weighted by Gasteiger charge is 2.33. The fraction of sp³-hybridized carbons (Fsp3) is 0.529. The molecule has 1 aromatic rings. The van der Waals surface area contributed by atoms with Gasteiger partial charge in [0.15, 0.2) is 0 Å². The Bertz CT molecular complexity index is 593. The van der Waals surface area contributed by atoms with Crippen LogP contribution in [0.1, 0.15) is 25.3 Å². The molecule has 1 fully saturated rings. The average Bonchev–Trinajstić information content (AvgIpc) is 2.83. The number of likely N-dealkylation sites (tertiary alicyclic amines) is 1. The highest BCUT2D eigenvalue weighted by atomic mass is 35.5. The molecule has 23 heavy (non-hydrogen) atoms. The van der Waals surface area contributed by atoms with Crippen LogP contribution in [-0.2, 0) is 16.0 Å². The number of carboxylic acids is 1. The van der Waals surface area contributed by atoms with Crippen LogP contribution < -0.4 is 4.90 Å². The van der Waals surface area contributed by atoms with Gasteiger partial charge in [-0.3, -0.25) is 14.5 Å². The molecule has 0 saturated carbocycles. The number of carboxylic acid groups (broad SMARTS) is 1. The number of hydrogen-bond donors (Lipinski definition) is 1. The molecule has 1 N–H and O–H groups in total. The van der Waals surface area contributed by atoms with Gasteiger partial charge in [0.2, 0.25) is 5.91 Å². The van der Waals surface area contributed by atoms with E-state index in [-0.39, 0.29) is 30.3 Å². The van der Waals surface area contributed by atoms with E-state index in [1.54, 1.807) is 0 Å². The number of carbonyl (C=O) groups is 2. The SMILES string of the molecule is CC1Cc2ccccc2N1C(=O)CN1CCCC(C(=O)O)C1.Cl. The Morgan fingerprint density at radius 1 is 1.30 bits per heavy atom. The van der Waals surface area contributed by atoms with Crippen LogP contribution in [0.4, 0.5) is 5.69 Å². The van der Waals surface area contributed by atoms with Crippen LogP contribution in [0.15, 0.2) is 24.3 Å². The van der Waals surface area contributed by atoms with Gasteiger partial charge in [-0.25, -0.2) is 0 Å². The van der Waals surface area contributed by atoms with Crippen LogP contribution in [0.25, 0.3) is 0 Å². The summed E-state index contributed by atoms with van der Waals surface area (Å²) >= 11 is 0. The lowest BCUT2D eigenvalue weighted by molar-refractivity contribution is -0.144. The molecule has 2 aliphatic heterocycles. The van der Waals surface area contributed by atoms with Gasteiger partial charge in [0.25, 0.3) is 0 Å². The molecule has 0 spiro atoms. The third-order valence-electron chi connectivity index (χ3n) is 4.69. The van der Waals surface area contributed by atoms with Gasteiger partial charge in [-0.15, -0.1) is 12.4 Å². The number of nitrogens with zero attached hydrogens (tertiary/aromatic N) is 2. The van der Waals surface area contributed by atoms with Crippen molar-refractivity contribution >= 4 is 30.0 Å². The number of rotatable bonds is 3. The van der Waals surface area contributed by atoms with Crippen LogP contribution >= 0.6 is 12.4 Å². The van der Waals surface area contributed by atoms with Gasteiger partial charge in [0.1, 0.15) is 0 Å². The lowest BCUT2D eigenvalue weighted by atomic mass is 9.98. The van der Waals surface area contributed by atoms with Crippen molar-refractivity contribution in [3.8, 4) is 0 Å². The predicted octanol–water partition coefficient (Wildman–Crippen LogP) is 2.18. The third-order valence-corrected chi connectivity index (χ3v) is 4.69. The van der Waals surface area contributed by atoms with Crippen molar-refractivity contribution in [1.82, 2.24) is 4.90 Å². The zero-order valence-corrected chi connectivity index (χ0v) is 14.1. The Labute approximate surface area is 142 Å². The van der Waals surface area contributed by atoms with Crippen molar-refractivity contribution < 1.29 is 14.7 Å². The van der Waals surface area contributed by atoms with Crippen LogP contribution in [0.2, 0.25) is 0 Å². The van der Waals surface area contributed by atoms with Gasteiger partial charge in [0, 0.05) is 18.3 Å². The number of fused-ring (bicyclic) bond motifs is 1. The number of piperidine rings is 1. The summed E-state index contributed by atoms with van der Waals surface area (Å²) in [6, 6.07) is 8.19. The number of anilines is 1. The van der Waals surface area contributed by atoms with E-state index < -0.39 is 5.97 Å². The molecule has 1 aromatic carbocycles. The number of benzene rings is 1. The van der Waals surface area contributed by atoms with E-state index >= 15 is 0 Å². The van der Waals surface area contributed by atoms with Crippen molar-refractivity contribution in [2.75, 3.05) is 24.5 Å². The first-order valence-corrected chi connectivity index (χ1v) is 7.91. The third kappa shape index (κ3) is 3.67. The van der Waals surface area contributed by atoms with Crippen LogP contribution in [0.3, 0.4) is 0 Å². The van der Waals surface area contributed by atoms with Crippen molar-refractivity contribution in [3.05, 3.63) is 29.8 Å². The number of carbonyl (C=O) groups excluding carboxylic acids is 1. The second-order valence-corrected chi connectivity index (χ2v) is 6.36. The van der Waals surface area contributed by atoms with Crippen molar-refractivity contribution in [2.45, 2.75) is 32.2 Å². The Morgan fingerprint density at radius 3 is 2.78 bits per heavy atom. The molecule has 126 valence electrons. The van der Waals surface area contributed by atoms with Crippen LogP contribution in [-0.4, -0.2) is 47.6 Å². The predicted molar refractivity (Wildman–Crippen MR) is 91.1 cm³/mol. The van der Waals surface area contributed by atoms with E-state index in [1.807, 2.05) is 28.0 Å². The monoisotopic (exact) mass is 338 g/mol. The van der Waals surface area contributed by atoms with Gasteiger partial charge < -0.3 is 10.0 Å².